The molecular formula is C35H55O7P. The Morgan fingerprint density at radius 1 is 0.884 bits per heavy atom. The van der Waals surface area contributed by atoms with Gasteiger partial charge in [-0.2, -0.15) is 0 Å². The lowest BCUT2D eigenvalue weighted by molar-refractivity contribution is -0.133. The minimum absolute atomic E-state index is 0.0894. The van der Waals surface area contributed by atoms with Crippen LogP contribution in [0.3, 0.4) is 0 Å². The second kappa shape index (κ2) is 15.4. The van der Waals surface area contributed by atoms with Crippen LogP contribution in [0.5, 0.6) is 0 Å². The number of hydrogen-bond acceptors (Lipinski definition) is 7. The van der Waals surface area contributed by atoms with Crippen molar-refractivity contribution in [2.24, 2.45) is 0 Å². The molecule has 0 saturated heterocycles. The topological polar surface area (TPSA) is 91.3 Å². The third-order valence-electron chi connectivity index (χ3n) is 7.83. The van der Waals surface area contributed by atoms with Gasteiger partial charge in [-0.1, -0.05) is 55.0 Å². The molecule has 2 rings (SSSR count). The van der Waals surface area contributed by atoms with Crippen molar-refractivity contribution in [3.05, 3.63) is 64.7 Å². The van der Waals surface area contributed by atoms with Crippen LogP contribution < -0.4 is 5.30 Å². The molecule has 43 heavy (non-hydrogen) atoms. The first-order chi connectivity index (χ1) is 19.9. The second-order valence-corrected chi connectivity index (χ2v) is 16.4. The number of aryl methyl sites for hydroxylation is 3. The molecule has 0 aliphatic rings. The van der Waals surface area contributed by atoms with Gasteiger partial charge in [-0.3, -0.25) is 4.79 Å². The molecule has 0 aromatic heterocycles. The van der Waals surface area contributed by atoms with Crippen molar-refractivity contribution in [2.75, 3.05) is 26.4 Å². The van der Waals surface area contributed by atoms with E-state index in [0.29, 0.717) is 30.3 Å². The first-order valence-electron chi connectivity index (χ1n) is 15.4. The van der Waals surface area contributed by atoms with Crippen LogP contribution in [0, 0.1) is 20.8 Å². The van der Waals surface area contributed by atoms with Crippen molar-refractivity contribution in [1.29, 1.82) is 0 Å². The van der Waals surface area contributed by atoms with Crippen molar-refractivity contribution >= 4 is 18.0 Å². The quantitative estimate of drug-likeness (QED) is 0.175. The average Bonchev–Trinajstić information content (AvgIpc) is 2.93. The van der Waals surface area contributed by atoms with Crippen LogP contribution in [0.15, 0.2) is 42.5 Å². The summed E-state index contributed by atoms with van der Waals surface area (Å²) in [5.74, 6) is 0. The van der Waals surface area contributed by atoms with Gasteiger partial charge in [0.05, 0.1) is 43.7 Å². The van der Waals surface area contributed by atoms with Gasteiger partial charge in [0.1, 0.15) is 11.4 Å². The molecule has 0 fully saturated rings. The first kappa shape index (κ1) is 37.3. The Morgan fingerprint density at radius 2 is 1.42 bits per heavy atom. The zero-order chi connectivity index (χ0) is 32.6. The van der Waals surface area contributed by atoms with Gasteiger partial charge < -0.3 is 28.6 Å². The molecular weight excluding hydrogens is 563 g/mol. The van der Waals surface area contributed by atoms with Crippen LogP contribution >= 0.6 is 7.14 Å². The van der Waals surface area contributed by atoms with Crippen molar-refractivity contribution in [3.63, 3.8) is 0 Å². The molecule has 0 spiro atoms. The Hall–Kier alpha value is -1.86. The van der Waals surface area contributed by atoms with Crippen LogP contribution in [-0.4, -0.2) is 65.8 Å². The van der Waals surface area contributed by atoms with Crippen LogP contribution in [-0.2, 0) is 23.5 Å². The summed E-state index contributed by atoms with van der Waals surface area (Å²) in [4.78, 5) is 14.4. The number of hydrogen-bond donors (Lipinski definition) is 1. The molecule has 0 radical (unpaired) electrons. The molecule has 2 aromatic rings. The lowest BCUT2D eigenvalue weighted by atomic mass is 10.0. The van der Waals surface area contributed by atoms with Gasteiger partial charge in [0.15, 0.2) is 0 Å². The van der Waals surface area contributed by atoms with Crippen LogP contribution in [0.2, 0.25) is 0 Å². The first-order valence-corrected chi connectivity index (χ1v) is 17.1. The van der Waals surface area contributed by atoms with E-state index in [9.17, 15) is 9.90 Å². The predicted molar refractivity (Wildman–Crippen MR) is 175 cm³/mol. The van der Waals surface area contributed by atoms with Gasteiger partial charge in [0, 0.05) is 10.9 Å². The maximum atomic E-state index is 15.2. The fraction of sp³-hybridized carbons (Fsp3) is 0.629. The Morgan fingerprint density at radius 3 is 1.93 bits per heavy atom. The van der Waals surface area contributed by atoms with Gasteiger partial charge in [-0.15, -0.1) is 0 Å². The number of ether oxygens (including phenoxy) is 4. The van der Waals surface area contributed by atoms with Crippen LogP contribution in [0.25, 0.3) is 0 Å². The van der Waals surface area contributed by atoms with Gasteiger partial charge in [-0.25, -0.2) is 0 Å². The summed E-state index contributed by atoms with van der Waals surface area (Å²) in [7, 11) is -3.79. The third-order valence-corrected chi connectivity index (χ3v) is 11.4. The highest BCUT2D eigenvalue weighted by molar-refractivity contribution is 7.88. The van der Waals surface area contributed by atoms with E-state index in [1.165, 1.54) is 0 Å². The molecule has 0 aliphatic heterocycles. The molecule has 1 N–H and O–H groups in total. The fourth-order valence-electron chi connectivity index (χ4n) is 5.02. The van der Waals surface area contributed by atoms with Gasteiger partial charge in [0.2, 0.25) is 12.7 Å². The monoisotopic (exact) mass is 618 g/mol. The Bertz CT molecular complexity index is 1220. The van der Waals surface area contributed by atoms with E-state index < -0.39 is 29.8 Å². The van der Waals surface area contributed by atoms with E-state index >= 15 is 4.57 Å². The maximum Gasteiger partial charge on any atom is 0.229 e. The van der Waals surface area contributed by atoms with Gasteiger partial charge >= 0.3 is 0 Å². The van der Waals surface area contributed by atoms with E-state index in [0.717, 1.165) is 16.7 Å². The molecule has 0 aliphatic carbocycles. The highest BCUT2D eigenvalue weighted by atomic mass is 31.2. The van der Waals surface area contributed by atoms with Crippen molar-refractivity contribution in [3.8, 4) is 0 Å². The molecule has 242 valence electrons. The summed E-state index contributed by atoms with van der Waals surface area (Å²) >= 11 is 0. The minimum atomic E-state index is -3.79. The Balaban J connectivity index is 2.16. The maximum absolute atomic E-state index is 15.2. The molecule has 8 heteroatoms. The zero-order valence-electron chi connectivity index (χ0n) is 28.3. The second-order valence-electron chi connectivity index (χ2n) is 13.3. The summed E-state index contributed by atoms with van der Waals surface area (Å²) in [6.07, 6.45) is 0.137. The number of carbonyl (C=O) groups excluding carboxylic acids is 1. The molecule has 2 aromatic carbocycles. The highest BCUT2D eigenvalue weighted by Crippen LogP contribution is 2.61. The number of aliphatic hydroxyl groups is 1. The normalized spacial score (nSPS) is 16.1. The minimum Gasteiger partial charge on any atom is -0.388 e. The molecule has 7 nitrogen and oxygen atoms in total. The molecule has 0 saturated carbocycles. The summed E-state index contributed by atoms with van der Waals surface area (Å²) in [5, 5.41) is 9.77. The molecule has 0 bridgehead atoms. The van der Waals surface area contributed by atoms with Crippen molar-refractivity contribution in [1.82, 2.24) is 0 Å². The number of rotatable bonds is 18. The lowest BCUT2D eigenvalue weighted by Gasteiger charge is -2.38. The van der Waals surface area contributed by atoms with Crippen LogP contribution in [0.4, 0.5) is 0 Å². The molecule has 3 unspecified atom stereocenters. The Labute approximate surface area is 260 Å². The zero-order valence-corrected chi connectivity index (χ0v) is 29.2. The van der Waals surface area contributed by atoms with E-state index in [2.05, 4.69) is 0 Å². The number of carbonyl (C=O) groups is 1. The van der Waals surface area contributed by atoms with Gasteiger partial charge in [0.25, 0.3) is 0 Å². The SMILES string of the molecule is CCC(C)(OCCC(C)(C)OCC(O)COC(C)(C)COC(C)C)P(=O)(C(=O)c1c(C)cc(C)cc1C)c1ccccc1. The summed E-state index contributed by atoms with van der Waals surface area (Å²) in [5.41, 5.74) is 1.63. The van der Waals surface area contributed by atoms with Crippen LogP contribution in [0.1, 0.15) is 95.3 Å². The fourth-order valence-corrected chi connectivity index (χ4v) is 8.21. The number of aliphatic hydroxyl groups excluding tert-OH is 1. The van der Waals surface area contributed by atoms with E-state index in [1.807, 2.05) is 99.6 Å². The lowest BCUT2D eigenvalue weighted by Crippen LogP contribution is -2.39. The van der Waals surface area contributed by atoms with Crippen molar-refractivity contribution in [2.45, 2.75) is 118 Å². The summed E-state index contributed by atoms with van der Waals surface area (Å²) in [6.45, 7) is 22.0. The Kier molecular flexibility index (Phi) is 13.4. The third kappa shape index (κ3) is 10.1. The highest BCUT2D eigenvalue weighted by Gasteiger charge is 2.52. The molecule has 0 heterocycles. The smallest absolute Gasteiger partial charge is 0.229 e. The van der Waals surface area contributed by atoms with E-state index in [-0.39, 0.29) is 31.4 Å². The molecule has 3 atom stereocenters. The average molecular weight is 619 g/mol. The number of benzene rings is 2. The van der Waals surface area contributed by atoms with E-state index in [4.69, 9.17) is 18.9 Å². The molecule has 0 amide bonds. The largest absolute Gasteiger partial charge is 0.388 e. The standard InChI is InChI=1S/C35H55O7P/c1-12-35(11,40-19-18-33(7,8)41-22-29(36)23-42-34(9,10)24-39-25(2)3)43(38,30-16-14-13-15-17-30)32(37)31-27(5)20-26(4)21-28(31)6/h13-17,20-21,25,29,36H,12,18-19,22-24H2,1-11H3. The predicted octanol–water partition coefficient (Wildman–Crippen LogP) is 7.35. The summed E-state index contributed by atoms with van der Waals surface area (Å²) < 4.78 is 39.2. The van der Waals surface area contributed by atoms with Gasteiger partial charge in [-0.05, 0) is 93.2 Å². The summed E-state index contributed by atoms with van der Waals surface area (Å²) in [6, 6.07) is 12.9. The van der Waals surface area contributed by atoms with E-state index in [1.54, 1.807) is 19.1 Å². The van der Waals surface area contributed by atoms with Crippen molar-refractivity contribution < 1.29 is 33.4 Å².